The minimum absolute atomic E-state index is 0.717. The summed E-state index contributed by atoms with van der Waals surface area (Å²) in [5.74, 6) is 0.787. The van der Waals surface area contributed by atoms with Crippen molar-refractivity contribution in [2.75, 3.05) is 45.3 Å². The van der Waals surface area contributed by atoms with Crippen LogP contribution in [0, 0.1) is 0 Å². The predicted octanol–water partition coefficient (Wildman–Crippen LogP) is 1.64. The van der Waals surface area contributed by atoms with E-state index in [1.165, 1.54) is 0 Å². The largest absolute Gasteiger partial charge is 0.497 e. The summed E-state index contributed by atoms with van der Waals surface area (Å²) in [6.45, 7) is 2.01. The number of hydrogen-bond donors (Lipinski definition) is 2. The summed E-state index contributed by atoms with van der Waals surface area (Å²) in [5.41, 5.74) is 7.49. The molecule has 0 bridgehead atoms. The molecule has 0 saturated heterocycles. The zero-order valence-electron chi connectivity index (χ0n) is 10.3. The van der Waals surface area contributed by atoms with Gasteiger partial charge in [0.25, 0.3) is 0 Å². The number of methoxy groups -OCH3 is 1. The molecule has 0 aliphatic carbocycles. The maximum absolute atomic E-state index is 5.76. The van der Waals surface area contributed by atoms with Gasteiger partial charge in [0.15, 0.2) is 0 Å². The lowest BCUT2D eigenvalue weighted by atomic mass is 10.2. The predicted molar refractivity (Wildman–Crippen MR) is 69.1 cm³/mol. The van der Waals surface area contributed by atoms with Gasteiger partial charge in [-0.05, 0) is 33.1 Å². The summed E-state index contributed by atoms with van der Waals surface area (Å²) >= 11 is 0. The smallest absolute Gasteiger partial charge is 0.122 e. The van der Waals surface area contributed by atoms with Gasteiger partial charge in [0.05, 0.1) is 7.11 Å². The lowest BCUT2D eigenvalue weighted by Crippen LogP contribution is -2.16. The monoisotopic (exact) mass is 223 g/mol. The third kappa shape index (κ3) is 4.40. The van der Waals surface area contributed by atoms with Gasteiger partial charge in [-0.3, -0.25) is 0 Å². The SMILES string of the molecule is COc1cc(N)cc(NCCCN(C)C)c1. The summed E-state index contributed by atoms with van der Waals surface area (Å²) in [4.78, 5) is 2.17. The van der Waals surface area contributed by atoms with Crippen molar-refractivity contribution in [1.29, 1.82) is 0 Å². The summed E-state index contributed by atoms with van der Waals surface area (Å²) in [6, 6.07) is 5.68. The van der Waals surface area contributed by atoms with Crippen LogP contribution >= 0.6 is 0 Å². The Hall–Kier alpha value is -1.42. The Labute approximate surface area is 97.4 Å². The van der Waals surface area contributed by atoms with Gasteiger partial charge in [-0.15, -0.1) is 0 Å². The van der Waals surface area contributed by atoms with Crippen molar-refractivity contribution < 1.29 is 4.74 Å². The molecule has 90 valence electrons. The fourth-order valence-corrected chi connectivity index (χ4v) is 1.47. The van der Waals surface area contributed by atoms with Crippen molar-refractivity contribution in [2.24, 2.45) is 0 Å². The van der Waals surface area contributed by atoms with E-state index < -0.39 is 0 Å². The number of benzene rings is 1. The highest BCUT2D eigenvalue weighted by molar-refractivity contribution is 5.59. The van der Waals surface area contributed by atoms with Crippen molar-refractivity contribution in [3.63, 3.8) is 0 Å². The van der Waals surface area contributed by atoms with Crippen molar-refractivity contribution >= 4 is 11.4 Å². The number of nitrogens with zero attached hydrogens (tertiary/aromatic N) is 1. The van der Waals surface area contributed by atoms with E-state index in [1.54, 1.807) is 7.11 Å². The first-order chi connectivity index (χ1) is 7.61. The maximum Gasteiger partial charge on any atom is 0.122 e. The number of nitrogens with one attached hydrogen (secondary N) is 1. The Bertz CT molecular complexity index is 326. The standard InChI is InChI=1S/C12H21N3O/c1-15(2)6-4-5-14-11-7-10(13)8-12(9-11)16-3/h7-9,14H,4-6,13H2,1-3H3. The number of hydrogen-bond acceptors (Lipinski definition) is 4. The van der Waals surface area contributed by atoms with Gasteiger partial charge in [-0.2, -0.15) is 0 Å². The van der Waals surface area contributed by atoms with Crippen LogP contribution in [0.2, 0.25) is 0 Å². The lowest BCUT2D eigenvalue weighted by molar-refractivity contribution is 0.405. The molecule has 0 heterocycles. The zero-order chi connectivity index (χ0) is 12.0. The zero-order valence-corrected chi connectivity index (χ0v) is 10.3. The van der Waals surface area contributed by atoms with E-state index >= 15 is 0 Å². The number of rotatable bonds is 6. The minimum atomic E-state index is 0.717. The second-order valence-electron chi connectivity index (χ2n) is 4.08. The Kier molecular flexibility index (Phi) is 4.92. The van der Waals surface area contributed by atoms with Crippen LogP contribution in [-0.4, -0.2) is 39.2 Å². The van der Waals surface area contributed by atoms with Crippen LogP contribution in [-0.2, 0) is 0 Å². The van der Waals surface area contributed by atoms with Crippen molar-refractivity contribution in [3.05, 3.63) is 18.2 Å². The number of nitrogen functional groups attached to an aromatic ring is 1. The van der Waals surface area contributed by atoms with Crippen LogP contribution in [0.1, 0.15) is 6.42 Å². The van der Waals surface area contributed by atoms with Crippen LogP contribution in [0.15, 0.2) is 18.2 Å². The fraction of sp³-hybridized carbons (Fsp3) is 0.500. The molecule has 4 heteroatoms. The highest BCUT2D eigenvalue weighted by Crippen LogP contribution is 2.21. The normalized spacial score (nSPS) is 10.5. The first-order valence-electron chi connectivity index (χ1n) is 5.45. The molecular weight excluding hydrogens is 202 g/mol. The molecule has 0 aliphatic rings. The van der Waals surface area contributed by atoms with Crippen LogP contribution in [0.5, 0.6) is 5.75 Å². The fourth-order valence-electron chi connectivity index (χ4n) is 1.47. The van der Waals surface area contributed by atoms with Crippen molar-refractivity contribution in [1.82, 2.24) is 4.90 Å². The molecule has 1 aromatic rings. The molecular formula is C12H21N3O. The summed E-state index contributed by atoms with van der Waals surface area (Å²) in [5, 5.41) is 3.33. The molecule has 1 rings (SSSR count). The number of ether oxygens (including phenoxy) is 1. The lowest BCUT2D eigenvalue weighted by Gasteiger charge is -2.12. The van der Waals surface area contributed by atoms with Gasteiger partial charge in [-0.1, -0.05) is 0 Å². The molecule has 4 nitrogen and oxygen atoms in total. The average Bonchev–Trinajstić information content (AvgIpc) is 2.23. The average molecular weight is 223 g/mol. The molecule has 0 fully saturated rings. The van der Waals surface area contributed by atoms with Crippen LogP contribution in [0.3, 0.4) is 0 Å². The van der Waals surface area contributed by atoms with Gasteiger partial charge in [0.1, 0.15) is 5.75 Å². The van der Waals surface area contributed by atoms with E-state index in [9.17, 15) is 0 Å². The quantitative estimate of drug-likeness (QED) is 0.568. The van der Waals surface area contributed by atoms with Gasteiger partial charge in [0.2, 0.25) is 0 Å². The third-order valence-electron chi connectivity index (χ3n) is 2.28. The Morgan fingerprint density at radius 1 is 1.31 bits per heavy atom. The topological polar surface area (TPSA) is 50.5 Å². The Balaban J connectivity index is 2.44. The molecule has 0 amide bonds. The molecule has 0 aromatic heterocycles. The summed E-state index contributed by atoms with van der Waals surface area (Å²) in [6.07, 6.45) is 1.10. The first-order valence-corrected chi connectivity index (χ1v) is 5.45. The highest BCUT2D eigenvalue weighted by atomic mass is 16.5. The number of nitrogens with two attached hydrogens (primary N) is 1. The Morgan fingerprint density at radius 3 is 2.69 bits per heavy atom. The van der Waals surface area contributed by atoms with Crippen molar-refractivity contribution in [3.8, 4) is 5.75 Å². The van der Waals surface area contributed by atoms with E-state index in [-0.39, 0.29) is 0 Å². The van der Waals surface area contributed by atoms with Crippen LogP contribution < -0.4 is 15.8 Å². The molecule has 0 unspecified atom stereocenters. The van der Waals surface area contributed by atoms with E-state index in [1.807, 2.05) is 18.2 Å². The van der Waals surface area contributed by atoms with Gasteiger partial charge < -0.3 is 20.7 Å². The molecule has 0 saturated carbocycles. The van der Waals surface area contributed by atoms with E-state index in [2.05, 4.69) is 24.3 Å². The summed E-state index contributed by atoms with van der Waals surface area (Å²) in [7, 11) is 5.79. The van der Waals surface area contributed by atoms with E-state index in [0.29, 0.717) is 0 Å². The van der Waals surface area contributed by atoms with Crippen LogP contribution in [0.25, 0.3) is 0 Å². The number of anilines is 2. The second-order valence-corrected chi connectivity index (χ2v) is 4.08. The van der Waals surface area contributed by atoms with Gasteiger partial charge in [0, 0.05) is 30.1 Å². The minimum Gasteiger partial charge on any atom is -0.497 e. The molecule has 0 radical (unpaired) electrons. The van der Waals surface area contributed by atoms with Crippen LogP contribution in [0.4, 0.5) is 11.4 Å². The molecule has 1 aromatic carbocycles. The molecule has 16 heavy (non-hydrogen) atoms. The third-order valence-corrected chi connectivity index (χ3v) is 2.28. The summed E-state index contributed by atoms with van der Waals surface area (Å²) < 4.78 is 5.15. The molecule has 0 aliphatic heterocycles. The van der Waals surface area contributed by atoms with E-state index in [0.717, 1.165) is 36.6 Å². The van der Waals surface area contributed by atoms with Crippen molar-refractivity contribution in [2.45, 2.75) is 6.42 Å². The van der Waals surface area contributed by atoms with Gasteiger partial charge >= 0.3 is 0 Å². The second kappa shape index (κ2) is 6.23. The first kappa shape index (κ1) is 12.6. The maximum atomic E-state index is 5.76. The highest BCUT2D eigenvalue weighted by Gasteiger charge is 1.98. The molecule has 0 atom stereocenters. The Morgan fingerprint density at radius 2 is 2.06 bits per heavy atom. The molecule has 0 spiro atoms. The van der Waals surface area contributed by atoms with E-state index in [4.69, 9.17) is 10.5 Å². The van der Waals surface area contributed by atoms with Gasteiger partial charge in [-0.25, -0.2) is 0 Å². The molecule has 3 N–H and O–H groups in total.